The second-order valence-electron chi connectivity index (χ2n) is 9.09. The molecule has 2 atom stereocenters. The molecule has 2 aromatic rings. The second-order valence-corrected chi connectivity index (χ2v) is 9.09. The van der Waals surface area contributed by atoms with Crippen LogP contribution in [0, 0.1) is 11.3 Å². The lowest BCUT2D eigenvalue weighted by atomic mass is 9.78. The van der Waals surface area contributed by atoms with E-state index in [-0.39, 0.29) is 11.5 Å². The summed E-state index contributed by atoms with van der Waals surface area (Å²) in [5.41, 5.74) is 2.05. The summed E-state index contributed by atoms with van der Waals surface area (Å²) in [6.07, 6.45) is 4.52. The van der Waals surface area contributed by atoms with Gasteiger partial charge < -0.3 is 20.1 Å². The predicted octanol–water partition coefficient (Wildman–Crippen LogP) is 3.78. The summed E-state index contributed by atoms with van der Waals surface area (Å²) in [6, 6.07) is 9.84. The van der Waals surface area contributed by atoms with Crippen LogP contribution in [0.1, 0.15) is 46.2 Å². The third-order valence-corrected chi connectivity index (χ3v) is 5.55. The minimum Gasteiger partial charge on any atom is -0.497 e. The van der Waals surface area contributed by atoms with Gasteiger partial charge in [0, 0.05) is 31.8 Å². The van der Waals surface area contributed by atoms with Crippen LogP contribution < -0.4 is 15.4 Å². The van der Waals surface area contributed by atoms with Crippen molar-refractivity contribution in [2.45, 2.75) is 53.2 Å². The number of ether oxygens (including phenoxy) is 2. The molecule has 2 unspecified atom stereocenters. The van der Waals surface area contributed by atoms with E-state index in [1.165, 1.54) is 6.42 Å². The van der Waals surface area contributed by atoms with Gasteiger partial charge in [-0.1, -0.05) is 20.8 Å². The average Bonchev–Trinajstić information content (AvgIpc) is 3.24. The summed E-state index contributed by atoms with van der Waals surface area (Å²) in [5, 5.41) is 11.5. The van der Waals surface area contributed by atoms with Crippen LogP contribution in [-0.4, -0.2) is 48.7 Å². The van der Waals surface area contributed by atoms with Gasteiger partial charge in [0.05, 0.1) is 31.1 Å². The van der Waals surface area contributed by atoms with E-state index in [0.717, 1.165) is 49.2 Å². The second kappa shape index (κ2) is 10.7. The molecular formula is C24H37N5O2. The zero-order chi connectivity index (χ0) is 22.3. The van der Waals surface area contributed by atoms with Crippen molar-refractivity contribution in [2.75, 3.05) is 26.8 Å². The van der Waals surface area contributed by atoms with Crippen LogP contribution in [0.4, 0.5) is 0 Å². The Kier molecular flexibility index (Phi) is 7.96. The van der Waals surface area contributed by atoms with Crippen molar-refractivity contribution in [3.8, 4) is 11.4 Å². The molecule has 7 nitrogen and oxygen atoms in total. The Labute approximate surface area is 186 Å². The molecule has 170 valence electrons. The monoisotopic (exact) mass is 427 g/mol. The third-order valence-electron chi connectivity index (χ3n) is 5.55. The quantitative estimate of drug-likeness (QED) is 0.520. The number of hydrogen-bond acceptors (Lipinski definition) is 4. The number of nitrogens with zero attached hydrogens (tertiary/aromatic N) is 3. The zero-order valence-electron chi connectivity index (χ0n) is 19.5. The van der Waals surface area contributed by atoms with Crippen LogP contribution >= 0.6 is 0 Å². The van der Waals surface area contributed by atoms with Gasteiger partial charge >= 0.3 is 0 Å². The van der Waals surface area contributed by atoms with Crippen molar-refractivity contribution in [3.05, 3.63) is 42.2 Å². The number of methoxy groups -OCH3 is 1. The molecular weight excluding hydrogens is 390 g/mol. The highest BCUT2D eigenvalue weighted by Crippen LogP contribution is 2.33. The Morgan fingerprint density at radius 2 is 2.00 bits per heavy atom. The van der Waals surface area contributed by atoms with Gasteiger partial charge in [0.2, 0.25) is 0 Å². The summed E-state index contributed by atoms with van der Waals surface area (Å²) in [7, 11) is 1.67. The summed E-state index contributed by atoms with van der Waals surface area (Å²) in [5.74, 6) is 2.13. The van der Waals surface area contributed by atoms with E-state index in [2.05, 4.69) is 43.4 Å². The molecule has 0 spiro atoms. The fourth-order valence-electron chi connectivity index (χ4n) is 4.06. The van der Waals surface area contributed by atoms with Crippen molar-refractivity contribution in [1.29, 1.82) is 0 Å². The van der Waals surface area contributed by atoms with E-state index in [0.29, 0.717) is 12.5 Å². The molecule has 2 heterocycles. The minimum absolute atomic E-state index is 0.135. The zero-order valence-corrected chi connectivity index (χ0v) is 19.5. The van der Waals surface area contributed by atoms with Crippen LogP contribution in [0.25, 0.3) is 5.69 Å². The summed E-state index contributed by atoms with van der Waals surface area (Å²) >= 11 is 0. The standard InChI is InChI=1S/C24H37N5O2/c1-6-25-23(26-16-18-8-7-15-31-22(18)24(2,3)4)27-17-19-13-14-29(28-19)20-9-11-21(30-5)12-10-20/h9-14,18,22H,6-8,15-17H2,1-5H3,(H2,25,26,27). The lowest BCUT2D eigenvalue weighted by molar-refractivity contribution is -0.0835. The largest absolute Gasteiger partial charge is 0.497 e. The Morgan fingerprint density at radius 3 is 2.68 bits per heavy atom. The molecule has 1 fully saturated rings. The van der Waals surface area contributed by atoms with Gasteiger partial charge in [-0.25, -0.2) is 9.67 Å². The highest BCUT2D eigenvalue weighted by molar-refractivity contribution is 5.79. The molecule has 0 amide bonds. The van der Waals surface area contributed by atoms with Gasteiger partial charge in [-0.2, -0.15) is 5.10 Å². The molecule has 1 aromatic heterocycles. The lowest BCUT2D eigenvalue weighted by Gasteiger charge is -2.40. The van der Waals surface area contributed by atoms with E-state index < -0.39 is 0 Å². The van der Waals surface area contributed by atoms with E-state index in [1.807, 2.05) is 41.2 Å². The average molecular weight is 428 g/mol. The highest BCUT2D eigenvalue weighted by atomic mass is 16.5. The summed E-state index contributed by atoms with van der Waals surface area (Å²) < 4.78 is 13.2. The first kappa shape index (κ1) is 23.1. The first-order chi connectivity index (χ1) is 14.9. The fraction of sp³-hybridized carbons (Fsp3) is 0.583. The number of aliphatic imine (C=N–C) groups is 1. The topological polar surface area (TPSA) is 72.7 Å². The molecule has 0 saturated carbocycles. The molecule has 31 heavy (non-hydrogen) atoms. The maximum Gasteiger partial charge on any atom is 0.191 e. The van der Waals surface area contributed by atoms with Crippen LogP contribution in [0.3, 0.4) is 0 Å². The number of guanidine groups is 1. The molecule has 1 saturated heterocycles. The summed E-state index contributed by atoms with van der Waals surface area (Å²) in [6.45, 7) is 11.9. The van der Waals surface area contributed by atoms with Crippen molar-refractivity contribution in [3.63, 3.8) is 0 Å². The highest BCUT2D eigenvalue weighted by Gasteiger charge is 2.35. The maximum atomic E-state index is 6.11. The van der Waals surface area contributed by atoms with Crippen LogP contribution in [0.5, 0.6) is 5.75 Å². The van der Waals surface area contributed by atoms with E-state index in [1.54, 1.807) is 7.11 Å². The van der Waals surface area contributed by atoms with Gasteiger partial charge in [-0.3, -0.25) is 0 Å². The molecule has 1 aliphatic rings. The predicted molar refractivity (Wildman–Crippen MR) is 125 cm³/mol. The Hall–Kier alpha value is -2.54. The number of nitrogens with one attached hydrogen (secondary N) is 2. The minimum atomic E-state index is 0.135. The fourth-order valence-corrected chi connectivity index (χ4v) is 4.06. The normalized spacial score (nSPS) is 19.8. The lowest BCUT2D eigenvalue weighted by Crippen LogP contribution is -2.47. The number of hydrogen-bond donors (Lipinski definition) is 2. The smallest absolute Gasteiger partial charge is 0.191 e. The van der Waals surface area contributed by atoms with Gasteiger partial charge in [0.25, 0.3) is 0 Å². The van der Waals surface area contributed by atoms with Gasteiger partial charge in [-0.15, -0.1) is 0 Å². The Balaban J connectivity index is 1.61. The van der Waals surface area contributed by atoms with Crippen molar-refractivity contribution in [2.24, 2.45) is 16.3 Å². The number of aromatic nitrogens is 2. The Bertz CT molecular complexity index is 838. The molecule has 3 rings (SSSR count). The number of benzene rings is 1. The molecule has 0 bridgehead atoms. The first-order valence-electron chi connectivity index (χ1n) is 11.2. The van der Waals surface area contributed by atoms with Crippen molar-refractivity contribution >= 4 is 5.96 Å². The van der Waals surface area contributed by atoms with E-state index >= 15 is 0 Å². The molecule has 0 aliphatic carbocycles. The molecule has 0 radical (unpaired) electrons. The van der Waals surface area contributed by atoms with Crippen LogP contribution in [0.2, 0.25) is 0 Å². The van der Waals surface area contributed by atoms with Crippen molar-refractivity contribution in [1.82, 2.24) is 20.4 Å². The maximum absolute atomic E-state index is 6.11. The SMILES string of the molecule is CCNC(=NCc1ccn(-c2ccc(OC)cc2)n1)NCC1CCCOC1C(C)(C)C. The molecule has 1 aliphatic heterocycles. The van der Waals surface area contributed by atoms with Gasteiger partial charge in [0.15, 0.2) is 5.96 Å². The van der Waals surface area contributed by atoms with Crippen LogP contribution in [0.15, 0.2) is 41.5 Å². The van der Waals surface area contributed by atoms with E-state index in [9.17, 15) is 0 Å². The molecule has 7 heteroatoms. The van der Waals surface area contributed by atoms with Gasteiger partial charge in [-0.05, 0) is 55.5 Å². The Morgan fingerprint density at radius 1 is 1.23 bits per heavy atom. The number of rotatable bonds is 7. The molecule has 1 aromatic carbocycles. The summed E-state index contributed by atoms with van der Waals surface area (Å²) in [4.78, 5) is 4.75. The van der Waals surface area contributed by atoms with Crippen molar-refractivity contribution < 1.29 is 9.47 Å². The van der Waals surface area contributed by atoms with Crippen LogP contribution in [-0.2, 0) is 11.3 Å². The van der Waals surface area contributed by atoms with Gasteiger partial charge in [0.1, 0.15) is 5.75 Å². The van der Waals surface area contributed by atoms with E-state index in [4.69, 9.17) is 14.5 Å². The third kappa shape index (κ3) is 6.47. The molecule has 2 N–H and O–H groups in total. The first-order valence-corrected chi connectivity index (χ1v) is 11.2.